The second-order valence-corrected chi connectivity index (χ2v) is 6.77. The van der Waals surface area contributed by atoms with Gasteiger partial charge in [0.05, 0.1) is 0 Å². The zero-order valence-electron chi connectivity index (χ0n) is 15.7. The number of nitrogens with zero attached hydrogens (tertiary/aromatic N) is 1. The van der Waals surface area contributed by atoms with Gasteiger partial charge in [0, 0.05) is 12.3 Å². The van der Waals surface area contributed by atoms with Crippen LogP contribution in [0.2, 0.25) is 0 Å². The Balaban J connectivity index is 3.10. The second-order valence-electron chi connectivity index (χ2n) is 6.77. The van der Waals surface area contributed by atoms with Crippen molar-refractivity contribution in [3.8, 4) is 0 Å². The third-order valence-corrected chi connectivity index (χ3v) is 4.10. The molecule has 0 heterocycles. The number of hydrogen-bond acceptors (Lipinski definition) is 1. The molecule has 0 spiro atoms. The molecule has 1 nitrogen and oxygen atoms in total. The highest BCUT2D eigenvalue weighted by molar-refractivity contribution is 5.78. The molecule has 0 bridgehead atoms. The van der Waals surface area contributed by atoms with E-state index in [1.165, 1.54) is 95.6 Å². The van der Waals surface area contributed by atoms with Crippen molar-refractivity contribution in [2.24, 2.45) is 4.99 Å². The van der Waals surface area contributed by atoms with Gasteiger partial charge < -0.3 is 0 Å². The average molecular weight is 308 g/mol. The lowest BCUT2D eigenvalue weighted by molar-refractivity contribution is 0.599. The second kappa shape index (κ2) is 18.5. The van der Waals surface area contributed by atoms with Gasteiger partial charge >= 0.3 is 0 Å². The molecule has 0 aromatic heterocycles. The maximum Gasteiger partial charge on any atom is 0.0388 e. The van der Waals surface area contributed by atoms with Gasteiger partial charge in [0.1, 0.15) is 0 Å². The first-order valence-electron chi connectivity index (χ1n) is 9.90. The van der Waals surface area contributed by atoms with E-state index in [0.29, 0.717) is 0 Å². The lowest BCUT2D eigenvalue weighted by atomic mass is 10.1. The van der Waals surface area contributed by atoms with Gasteiger partial charge in [0.2, 0.25) is 0 Å². The molecule has 0 aliphatic carbocycles. The Kier molecular flexibility index (Phi) is 18.0. The summed E-state index contributed by atoms with van der Waals surface area (Å²) in [6.45, 7) is 7.48. The van der Waals surface area contributed by atoms with E-state index in [1.54, 1.807) is 0 Å². The molecule has 0 aliphatic rings. The van der Waals surface area contributed by atoms with E-state index in [1.807, 2.05) is 0 Å². The fourth-order valence-corrected chi connectivity index (χ4v) is 2.66. The Morgan fingerprint density at radius 2 is 1.09 bits per heavy atom. The maximum atomic E-state index is 4.44. The van der Waals surface area contributed by atoms with Gasteiger partial charge in [-0.05, 0) is 46.0 Å². The van der Waals surface area contributed by atoms with Crippen molar-refractivity contribution in [1.29, 1.82) is 0 Å². The predicted molar refractivity (Wildman–Crippen MR) is 103 cm³/mol. The zero-order valence-corrected chi connectivity index (χ0v) is 15.7. The number of allylic oxidation sites excluding steroid dienone is 2. The van der Waals surface area contributed by atoms with Gasteiger partial charge in [0.15, 0.2) is 0 Å². The molecule has 0 rings (SSSR count). The zero-order chi connectivity index (χ0) is 16.3. The Morgan fingerprint density at radius 3 is 1.59 bits per heavy atom. The Labute approximate surface area is 140 Å². The molecule has 0 aromatic rings. The van der Waals surface area contributed by atoms with E-state index in [4.69, 9.17) is 0 Å². The molecular weight excluding hydrogens is 266 g/mol. The van der Waals surface area contributed by atoms with Crippen molar-refractivity contribution in [3.63, 3.8) is 0 Å². The van der Waals surface area contributed by atoms with Crippen molar-refractivity contribution < 1.29 is 0 Å². The molecule has 0 saturated carbocycles. The number of aliphatic imine (C=N–C) groups is 1. The van der Waals surface area contributed by atoms with Crippen LogP contribution >= 0.6 is 0 Å². The molecule has 130 valence electrons. The normalized spacial score (nSPS) is 11.2. The van der Waals surface area contributed by atoms with Crippen LogP contribution in [0.3, 0.4) is 0 Å². The summed E-state index contributed by atoms with van der Waals surface area (Å²) >= 11 is 0. The number of rotatable bonds is 16. The largest absolute Gasteiger partial charge is 0.295 e. The Hall–Kier alpha value is -0.590. The fraction of sp³-hybridized carbons (Fsp3) is 0.857. The minimum absolute atomic E-state index is 1.03. The van der Waals surface area contributed by atoms with E-state index in [2.05, 4.69) is 37.9 Å². The minimum atomic E-state index is 1.03. The Morgan fingerprint density at radius 1 is 0.636 bits per heavy atom. The molecule has 0 atom stereocenters. The summed E-state index contributed by atoms with van der Waals surface area (Å²) in [5, 5.41) is 0. The predicted octanol–water partition coefficient (Wildman–Crippen LogP) is 7.50. The van der Waals surface area contributed by atoms with Crippen molar-refractivity contribution in [3.05, 3.63) is 12.2 Å². The first-order chi connectivity index (χ1) is 10.8. The fourth-order valence-electron chi connectivity index (χ4n) is 2.66. The monoisotopic (exact) mass is 307 g/mol. The summed E-state index contributed by atoms with van der Waals surface area (Å²) in [5.41, 5.74) is 1.22. The molecule has 22 heavy (non-hydrogen) atoms. The lowest BCUT2D eigenvalue weighted by Gasteiger charge is -2.00. The van der Waals surface area contributed by atoms with Crippen LogP contribution in [0.15, 0.2) is 17.1 Å². The van der Waals surface area contributed by atoms with E-state index in [9.17, 15) is 0 Å². The molecule has 0 fully saturated rings. The molecule has 1 heteroatoms. The quantitative estimate of drug-likeness (QED) is 0.159. The molecule has 0 N–H and O–H groups in total. The van der Waals surface area contributed by atoms with Crippen LogP contribution in [0.25, 0.3) is 0 Å². The van der Waals surface area contributed by atoms with Gasteiger partial charge in [-0.3, -0.25) is 4.99 Å². The average Bonchev–Trinajstić information content (AvgIpc) is 2.50. The van der Waals surface area contributed by atoms with E-state index >= 15 is 0 Å². The van der Waals surface area contributed by atoms with Crippen LogP contribution in [0.5, 0.6) is 0 Å². The summed E-state index contributed by atoms with van der Waals surface area (Å²) < 4.78 is 0. The van der Waals surface area contributed by atoms with E-state index in [-0.39, 0.29) is 0 Å². The van der Waals surface area contributed by atoms with Crippen molar-refractivity contribution in [2.45, 2.75) is 111 Å². The van der Waals surface area contributed by atoms with E-state index < -0.39 is 0 Å². The molecule has 0 amide bonds. The third-order valence-electron chi connectivity index (χ3n) is 4.10. The topological polar surface area (TPSA) is 12.4 Å². The van der Waals surface area contributed by atoms with Crippen LogP contribution in [0.1, 0.15) is 111 Å². The van der Waals surface area contributed by atoms with Crippen LogP contribution in [-0.2, 0) is 0 Å². The van der Waals surface area contributed by atoms with Crippen molar-refractivity contribution in [2.75, 3.05) is 6.54 Å². The molecule has 0 radical (unpaired) electrons. The molecule has 0 aromatic carbocycles. The van der Waals surface area contributed by atoms with Crippen LogP contribution in [0, 0.1) is 0 Å². The smallest absolute Gasteiger partial charge is 0.0388 e. The highest BCUT2D eigenvalue weighted by atomic mass is 14.7. The summed E-state index contributed by atoms with van der Waals surface area (Å²) in [7, 11) is 0. The lowest BCUT2D eigenvalue weighted by Crippen LogP contribution is -1.87. The molecule has 0 aliphatic heterocycles. The van der Waals surface area contributed by atoms with Crippen LogP contribution < -0.4 is 0 Å². The summed E-state index contributed by atoms with van der Waals surface area (Å²) in [6.07, 6.45) is 24.0. The number of hydrogen-bond donors (Lipinski definition) is 0. The highest BCUT2D eigenvalue weighted by Gasteiger charge is 1.91. The Bertz CT molecular complexity index is 261. The summed E-state index contributed by atoms with van der Waals surface area (Å²) in [4.78, 5) is 4.44. The first kappa shape index (κ1) is 21.4. The first-order valence-corrected chi connectivity index (χ1v) is 9.90. The van der Waals surface area contributed by atoms with E-state index in [0.717, 1.165) is 6.54 Å². The standard InChI is InChI=1S/C21H41N/c1-4-5-6-7-8-9-10-11-12-13-14-15-16-17-18-19-20-22-21(2)3/h11-12H,4-10,13-20H2,1-3H3/b12-11-. The van der Waals surface area contributed by atoms with Gasteiger partial charge in [-0.15, -0.1) is 0 Å². The van der Waals surface area contributed by atoms with Gasteiger partial charge in [0.25, 0.3) is 0 Å². The number of unbranched alkanes of at least 4 members (excludes halogenated alkanes) is 12. The van der Waals surface area contributed by atoms with Gasteiger partial charge in [-0.2, -0.15) is 0 Å². The highest BCUT2D eigenvalue weighted by Crippen LogP contribution is 2.09. The van der Waals surface area contributed by atoms with Crippen molar-refractivity contribution >= 4 is 5.71 Å². The maximum absolute atomic E-state index is 4.44. The van der Waals surface area contributed by atoms with Crippen LogP contribution in [-0.4, -0.2) is 12.3 Å². The molecule has 0 saturated heterocycles. The van der Waals surface area contributed by atoms with Crippen LogP contribution in [0.4, 0.5) is 0 Å². The summed E-state index contributed by atoms with van der Waals surface area (Å²) in [6, 6.07) is 0. The molecule has 0 unspecified atom stereocenters. The van der Waals surface area contributed by atoms with Gasteiger partial charge in [-0.25, -0.2) is 0 Å². The van der Waals surface area contributed by atoms with Crippen molar-refractivity contribution in [1.82, 2.24) is 0 Å². The summed E-state index contributed by atoms with van der Waals surface area (Å²) in [5.74, 6) is 0. The minimum Gasteiger partial charge on any atom is -0.295 e. The molecular formula is C21H41N. The third kappa shape index (κ3) is 19.4. The van der Waals surface area contributed by atoms with Gasteiger partial charge in [-0.1, -0.05) is 76.9 Å². The SMILES string of the molecule is CCCCCCCC/C=C\CCCCCCCCN=C(C)C.